The quantitative estimate of drug-likeness (QED) is 0.854. The van der Waals surface area contributed by atoms with Crippen LogP contribution < -0.4 is 10.5 Å². The van der Waals surface area contributed by atoms with Gasteiger partial charge in [0.25, 0.3) is 0 Å². The van der Waals surface area contributed by atoms with Crippen molar-refractivity contribution in [1.29, 1.82) is 0 Å². The highest BCUT2D eigenvalue weighted by molar-refractivity contribution is 5.87. The van der Waals surface area contributed by atoms with Gasteiger partial charge in [0.15, 0.2) is 0 Å². The van der Waals surface area contributed by atoms with E-state index in [2.05, 4.69) is 4.98 Å². The smallest absolute Gasteiger partial charge is 0.335 e. The average molecular weight is 258 g/mol. The third-order valence-corrected chi connectivity index (χ3v) is 2.61. The summed E-state index contributed by atoms with van der Waals surface area (Å²) in [4.78, 5) is 14.8. The summed E-state index contributed by atoms with van der Waals surface area (Å²) in [6.07, 6.45) is 1.62. The number of carboxylic acids is 1. The van der Waals surface area contributed by atoms with Gasteiger partial charge in [-0.3, -0.25) is 4.98 Å². The lowest BCUT2D eigenvalue weighted by atomic mass is 10.1. The van der Waals surface area contributed by atoms with Crippen LogP contribution in [0.3, 0.4) is 0 Å². The maximum absolute atomic E-state index is 10.7. The summed E-state index contributed by atoms with van der Waals surface area (Å²) >= 11 is 0. The molecule has 0 fully saturated rings. The first-order valence-corrected chi connectivity index (χ1v) is 5.79. The molecule has 0 aliphatic rings. The number of nitrogens with two attached hydrogens (primary N) is 1. The number of nitrogens with zero attached hydrogens (tertiary/aromatic N) is 1. The Morgan fingerprint density at radius 3 is 2.47 bits per heavy atom. The van der Waals surface area contributed by atoms with E-state index >= 15 is 0 Å². The largest absolute Gasteiger partial charge is 0.487 e. The van der Waals surface area contributed by atoms with Gasteiger partial charge in [-0.15, -0.1) is 0 Å². The van der Waals surface area contributed by atoms with Gasteiger partial charge in [0.05, 0.1) is 17.5 Å². The van der Waals surface area contributed by atoms with Gasteiger partial charge in [0.2, 0.25) is 0 Å². The molecule has 0 amide bonds. The van der Waals surface area contributed by atoms with E-state index in [-0.39, 0.29) is 5.56 Å². The van der Waals surface area contributed by atoms with Crippen molar-refractivity contribution < 1.29 is 14.6 Å². The molecule has 0 aliphatic carbocycles. The van der Waals surface area contributed by atoms with Crippen molar-refractivity contribution in [2.24, 2.45) is 5.73 Å². The van der Waals surface area contributed by atoms with Gasteiger partial charge in [-0.1, -0.05) is 12.1 Å². The summed E-state index contributed by atoms with van der Waals surface area (Å²) in [5.74, 6) is -0.284. The molecule has 1 aromatic carbocycles. The Morgan fingerprint density at radius 2 is 1.95 bits per heavy atom. The van der Waals surface area contributed by atoms with Crippen molar-refractivity contribution >= 4 is 5.97 Å². The van der Waals surface area contributed by atoms with Crippen LogP contribution in [0.15, 0.2) is 42.6 Å². The lowest BCUT2D eigenvalue weighted by molar-refractivity contribution is 0.0697. The minimum absolute atomic E-state index is 0.262. The molecule has 0 spiro atoms. The molecule has 1 heterocycles. The normalized spacial score (nSPS) is 10.2. The summed E-state index contributed by atoms with van der Waals surface area (Å²) in [7, 11) is 0. The van der Waals surface area contributed by atoms with Crippen molar-refractivity contribution in [3.63, 3.8) is 0 Å². The fourth-order valence-corrected chi connectivity index (χ4v) is 1.53. The van der Waals surface area contributed by atoms with Gasteiger partial charge in [-0.05, 0) is 29.8 Å². The first-order valence-electron chi connectivity index (χ1n) is 5.79. The molecule has 19 heavy (non-hydrogen) atoms. The molecule has 0 aliphatic heterocycles. The minimum Gasteiger partial charge on any atom is -0.487 e. The van der Waals surface area contributed by atoms with Crippen LogP contribution in [0.25, 0.3) is 0 Å². The molecule has 0 saturated carbocycles. The zero-order valence-corrected chi connectivity index (χ0v) is 10.2. The number of hydrogen-bond acceptors (Lipinski definition) is 4. The Kier molecular flexibility index (Phi) is 4.10. The predicted octanol–water partition coefficient (Wildman–Crippen LogP) is 1.82. The van der Waals surface area contributed by atoms with E-state index in [1.807, 2.05) is 6.07 Å². The number of hydrogen-bond donors (Lipinski definition) is 2. The van der Waals surface area contributed by atoms with Crippen LogP contribution >= 0.6 is 0 Å². The first kappa shape index (κ1) is 13.0. The fourth-order valence-electron chi connectivity index (χ4n) is 1.53. The molecule has 2 rings (SSSR count). The standard InChI is InChI=1S/C14H14N2O3/c15-7-12-5-6-13(8-16-12)19-9-10-1-3-11(4-2-10)14(17)18/h1-6,8H,7,9,15H2,(H,17,18). The Hall–Kier alpha value is -2.40. The van der Waals surface area contributed by atoms with Gasteiger partial charge in [-0.2, -0.15) is 0 Å². The van der Waals surface area contributed by atoms with Gasteiger partial charge < -0.3 is 15.6 Å². The Balaban J connectivity index is 1.95. The van der Waals surface area contributed by atoms with Crippen molar-refractivity contribution in [2.75, 3.05) is 0 Å². The van der Waals surface area contributed by atoms with Crippen molar-refractivity contribution in [3.8, 4) is 5.75 Å². The van der Waals surface area contributed by atoms with Crippen LogP contribution in [-0.2, 0) is 13.2 Å². The van der Waals surface area contributed by atoms with Gasteiger partial charge in [0, 0.05) is 6.54 Å². The molecule has 0 unspecified atom stereocenters. The third-order valence-electron chi connectivity index (χ3n) is 2.61. The van der Waals surface area contributed by atoms with E-state index in [0.29, 0.717) is 18.9 Å². The number of carboxylic acid groups (broad SMARTS) is 1. The lowest BCUT2D eigenvalue weighted by Gasteiger charge is -2.06. The summed E-state index contributed by atoms with van der Waals surface area (Å²) in [6.45, 7) is 0.764. The van der Waals surface area contributed by atoms with E-state index in [0.717, 1.165) is 11.3 Å². The van der Waals surface area contributed by atoms with E-state index in [1.165, 1.54) is 0 Å². The number of aromatic nitrogens is 1. The van der Waals surface area contributed by atoms with Crippen LogP contribution in [0.2, 0.25) is 0 Å². The van der Waals surface area contributed by atoms with Gasteiger partial charge in [-0.25, -0.2) is 4.79 Å². The Bertz CT molecular complexity index is 550. The van der Waals surface area contributed by atoms with Crippen LogP contribution in [0.4, 0.5) is 0 Å². The van der Waals surface area contributed by atoms with Crippen molar-refractivity contribution in [1.82, 2.24) is 4.98 Å². The number of rotatable bonds is 5. The lowest BCUT2D eigenvalue weighted by Crippen LogP contribution is -2.01. The average Bonchev–Trinajstić information content (AvgIpc) is 2.46. The van der Waals surface area contributed by atoms with Crippen LogP contribution in [0, 0.1) is 0 Å². The number of carbonyl (C=O) groups is 1. The highest BCUT2D eigenvalue weighted by Gasteiger charge is 2.02. The summed E-state index contributed by atoms with van der Waals surface area (Å²) in [5.41, 5.74) is 7.41. The van der Waals surface area contributed by atoms with Crippen molar-refractivity contribution in [3.05, 3.63) is 59.4 Å². The highest BCUT2D eigenvalue weighted by Crippen LogP contribution is 2.12. The first-order chi connectivity index (χ1) is 9.19. The molecule has 5 nitrogen and oxygen atoms in total. The van der Waals surface area contributed by atoms with Crippen LogP contribution in [0.5, 0.6) is 5.75 Å². The minimum atomic E-state index is -0.936. The zero-order valence-electron chi connectivity index (χ0n) is 10.2. The highest BCUT2D eigenvalue weighted by atomic mass is 16.5. The second-order valence-corrected chi connectivity index (χ2v) is 3.98. The number of benzene rings is 1. The Labute approximate surface area is 110 Å². The molecular weight excluding hydrogens is 244 g/mol. The van der Waals surface area contributed by atoms with Crippen molar-refractivity contribution in [2.45, 2.75) is 13.2 Å². The maximum atomic E-state index is 10.7. The SMILES string of the molecule is NCc1ccc(OCc2ccc(C(=O)O)cc2)cn1. The predicted molar refractivity (Wildman–Crippen MR) is 69.9 cm³/mol. The maximum Gasteiger partial charge on any atom is 0.335 e. The van der Waals surface area contributed by atoms with E-state index in [4.69, 9.17) is 15.6 Å². The molecule has 0 saturated heterocycles. The Morgan fingerprint density at radius 1 is 1.21 bits per heavy atom. The molecule has 0 atom stereocenters. The summed E-state index contributed by atoms with van der Waals surface area (Å²) < 4.78 is 5.54. The summed E-state index contributed by atoms with van der Waals surface area (Å²) in [5, 5.41) is 8.78. The number of ether oxygens (including phenoxy) is 1. The van der Waals surface area contributed by atoms with Crippen LogP contribution in [0.1, 0.15) is 21.6 Å². The monoisotopic (exact) mass is 258 g/mol. The zero-order chi connectivity index (χ0) is 13.7. The van der Waals surface area contributed by atoms with Gasteiger partial charge in [0.1, 0.15) is 12.4 Å². The molecule has 1 aromatic heterocycles. The second-order valence-electron chi connectivity index (χ2n) is 3.98. The topological polar surface area (TPSA) is 85.4 Å². The van der Waals surface area contributed by atoms with E-state index in [9.17, 15) is 4.79 Å². The molecule has 0 radical (unpaired) electrons. The molecule has 5 heteroatoms. The van der Waals surface area contributed by atoms with E-state index < -0.39 is 5.97 Å². The van der Waals surface area contributed by atoms with Gasteiger partial charge >= 0.3 is 5.97 Å². The third kappa shape index (κ3) is 3.53. The molecular formula is C14H14N2O3. The molecule has 98 valence electrons. The second kappa shape index (κ2) is 5.97. The van der Waals surface area contributed by atoms with E-state index in [1.54, 1.807) is 36.5 Å². The molecule has 2 aromatic rings. The molecule has 3 N–H and O–H groups in total. The van der Waals surface area contributed by atoms with Crippen LogP contribution in [-0.4, -0.2) is 16.1 Å². The molecule has 0 bridgehead atoms. The summed E-state index contributed by atoms with van der Waals surface area (Å²) in [6, 6.07) is 10.2. The fraction of sp³-hybridized carbons (Fsp3) is 0.143. The number of pyridine rings is 1. The number of aromatic carboxylic acids is 1.